The van der Waals surface area contributed by atoms with Crippen LogP contribution in [0.25, 0.3) is 5.69 Å². The van der Waals surface area contributed by atoms with Crippen LogP contribution in [0.15, 0.2) is 45.7 Å². The smallest absolute Gasteiger partial charge is 0.251 e. The Hall–Kier alpha value is -2.41. The van der Waals surface area contributed by atoms with Crippen LogP contribution >= 0.6 is 15.9 Å². The highest BCUT2D eigenvalue weighted by Gasteiger charge is 2.11. The highest BCUT2D eigenvalue weighted by Crippen LogP contribution is 2.14. The van der Waals surface area contributed by atoms with E-state index < -0.39 is 0 Å². The summed E-state index contributed by atoms with van der Waals surface area (Å²) < 4.78 is 7.72. The van der Waals surface area contributed by atoms with Crippen molar-refractivity contribution in [2.24, 2.45) is 0 Å². The highest BCUT2D eigenvalue weighted by molar-refractivity contribution is 9.10. The van der Waals surface area contributed by atoms with Crippen molar-refractivity contribution in [3.8, 4) is 5.69 Å². The summed E-state index contributed by atoms with van der Waals surface area (Å²) in [7, 11) is 0. The Bertz CT molecular complexity index is 817. The van der Waals surface area contributed by atoms with E-state index in [-0.39, 0.29) is 5.91 Å². The normalized spacial score (nSPS) is 10.7. The zero-order valence-electron chi connectivity index (χ0n) is 12.7. The molecule has 0 aliphatic rings. The van der Waals surface area contributed by atoms with Gasteiger partial charge in [0.25, 0.3) is 5.91 Å². The fourth-order valence-corrected chi connectivity index (χ4v) is 2.52. The Balaban J connectivity index is 1.68. The van der Waals surface area contributed by atoms with E-state index in [1.807, 2.05) is 32.2 Å². The van der Waals surface area contributed by atoms with Gasteiger partial charge in [-0.15, -0.1) is 0 Å². The minimum atomic E-state index is -0.141. The zero-order valence-corrected chi connectivity index (χ0v) is 14.3. The van der Waals surface area contributed by atoms with Gasteiger partial charge in [-0.1, -0.05) is 5.16 Å². The lowest BCUT2D eigenvalue weighted by atomic mass is 10.1. The van der Waals surface area contributed by atoms with Crippen LogP contribution < -0.4 is 5.32 Å². The lowest BCUT2D eigenvalue weighted by Crippen LogP contribution is -2.23. The number of halogens is 1. The molecule has 0 aliphatic carbocycles. The van der Waals surface area contributed by atoms with E-state index in [4.69, 9.17) is 4.52 Å². The molecule has 1 N–H and O–H groups in total. The van der Waals surface area contributed by atoms with Crippen LogP contribution in [0.5, 0.6) is 0 Å². The van der Waals surface area contributed by atoms with Gasteiger partial charge in [-0.3, -0.25) is 4.79 Å². The summed E-state index contributed by atoms with van der Waals surface area (Å²) in [4.78, 5) is 12.2. The molecular weight excluding hydrogens is 360 g/mol. The maximum Gasteiger partial charge on any atom is 0.251 e. The van der Waals surface area contributed by atoms with E-state index in [1.54, 1.807) is 23.0 Å². The number of benzene rings is 1. The van der Waals surface area contributed by atoms with Gasteiger partial charge in [0.05, 0.1) is 22.1 Å². The second kappa shape index (κ2) is 6.37. The van der Waals surface area contributed by atoms with Gasteiger partial charge in [-0.2, -0.15) is 5.10 Å². The molecule has 118 valence electrons. The largest absolute Gasteiger partial charge is 0.361 e. The molecule has 0 radical (unpaired) electrons. The van der Waals surface area contributed by atoms with Gasteiger partial charge < -0.3 is 9.84 Å². The molecule has 1 aromatic carbocycles. The third-order valence-corrected chi connectivity index (χ3v) is 3.96. The monoisotopic (exact) mass is 374 g/mol. The number of carbonyl (C=O) groups excluding carboxylic acids is 1. The molecule has 2 heterocycles. The molecule has 0 atom stereocenters. The minimum absolute atomic E-state index is 0.141. The van der Waals surface area contributed by atoms with Crippen molar-refractivity contribution < 1.29 is 9.32 Å². The third-order valence-electron chi connectivity index (χ3n) is 3.55. The van der Waals surface area contributed by atoms with E-state index in [0.717, 1.165) is 27.2 Å². The number of aryl methyl sites for hydroxylation is 2. The summed E-state index contributed by atoms with van der Waals surface area (Å²) in [5.41, 5.74) is 3.18. The van der Waals surface area contributed by atoms with Crippen molar-refractivity contribution >= 4 is 21.8 Å². The number of hydrogen-bond acceptors (Lipinski definition) is 4. The number of nitrogens with zero attached hydrogens (tertiary/aromatic N) is 3. The molecule has 3 aromatic rings. The fraction of sp³-hybridized carbons (Fsp3) is 0.188. The van der Waals surface area contributed by atoms with Gasteiger partial charge in [0.15, 0.2) is 0 Å². The summed E-state index contributed by atoms with van der Waals surface area (Å²) in [5.74, 6) is 0.584. The van der Waals surface area contributed by atoms with Gasteiger partial charge in [0, 0.05) is 23.9 Å². The van der Waals surface area contributed by atoms with Gasteiger partial charge in [0.2, 0.25) is 0 Å². The van der Waals surface area contributed by atoms with Crippen LogP contribution in [0.4, 0.5) is 0 Å². The molecule has 0 unspecified atom stereocenters. The predicted octanol–water partition coefficient (Wildman–Crippen LogP) is 3.17. The molecule has 3 rings (SSSR count). The number of aromatic nitrogens is 3. The minimum Gasteiger partial charge on any atom is -0.361 e. The summed E-state index contributed by atoms with van der Waals surface area (Å²) in [6.45, 7) is 4.08. The predicted molar refractivity (Wildman–Crippen MR) is 88.4 cm³/mol. The maximum atomic E-state index is 12.2. The van der Waals surface area contributed by atoms with Gasteiger partial charge in [-0.25, -0.2) is 4.68 Å². The van der Waals surface area contributed by atoms with E-state index in [9.17, 15) is 4.79 Å². The number of amides is 1. The van der Waals surface area contributed by atoms with Crippen LogP contribution in [0.1, 0.15) is 27.4 Å². The quantitative estimate of drug-likeness (QED) is 0.760. The number of hydrogen-bond donors (Lipinski definition) is 1. The first-order chi connectivity index (χ1) is 11.0. The van der Waals surface area contributed by atoms with Crippen molar-refractivity contribution in [2.75, 3.05) is 0 Å². The van der Waals surface area contributed by atoms with Crippen molar-refractivity contribution in [1.82, 2.24) is 20.3 Å². The third kappa shape index (κ3) is 3.34. The summed E-state index contributed by atoms with van der Waals surface area (Å²) in [5, 5.41) is 11.0. The van der Waals surface area contributed by atoms with Gasteiger partial charge in [-0.05, 0) is 54.0 Å². The SMILES string of the molecule is Cc1noc(C)c1CNC(=O)c1ccc(-n2cc(Br)cn2)cc1. The Morgan fingerprint density at radius 3 is 2.61 bits per heavy atom. The van der Waals surface area contributed by atoms with Crippen molar-refractivity contribution in [1.29, 1.82) is 0 Å². The highest BCUT2D eigenvalue weighted by atomic mass is 79.9. The molecular formula is C16H15BrN4O2. The van der Waals surface area contributed by atoms with Gasteiger partial charge >= 0.3 is 0 Å². The summed E-state index contributed by atoms with van der Waals surface area (Å²) in [6.07, 6.45) is 3.57. The van der Waals surface area contributed by atoms with E-state index in [1.165, 1.54) is 0 Å². The molecule has 0 spiro atoms. The summed E-state index contributed by atoms with van der Waals surface area (Å²) in [6, 6.07) is 7.25. The summed E-state index contributed by atoms with van der Waals surface area (Å²) >= 11 is 3.36. The first-order valence-electron chi connectivity index (χ1n) is 7.05. The standard InChI is InChI=1S/C16H15BrN4O2/c1-10-15(11(2)23-20-10)8-18-16(22)12-3-5-14(6-4-12)21-9-13(17)7-19-21/h3-7,9H,8H2,1-2H3,(H,18,22). The molecule has 0 saturated heterocycles. The lowest BCUT2D eigenvalue weighted by Gasteiger charge is -2.06. The Morgan fingerprint density at radius 2 is 2.04 bits per heavy atom. The van der Waals surface area contributed by atoms with Crippen molar-refractivity contribution in [3.63, 3.8) is 0 Å². The fourth-order valence-electron chi connectivity index (χ4n) is 2.23. The molecule has 7 heteroatoms. The van der Waals surface area contributed by atoms with Gasteiger partial charge in [0.1, 0.15) is 5.76 Å². The van der Waals surface area contributed by atoms with Crippen LogP contribution in [-0.2, 0) is 6.54 Å². The van der Waals surface area contributed by atoms with Crippen LogP contribution in [-0.4, -0.2) is 20.8 Å². The maximum absolute atomic E-state index is 12.2. The molecule has 0 fully saturated rings. The first-order valence-corrected chi connectivity index (χ1v) is 7.84. The molecule has 1 amide bonds. The first kappa shape index (κ1) is 15.5. The van der Waals surface area contributed by atoms with E-state index in [0.29, 0.717) is 12.1 Å². The second-order valence-corrected chi connectivity index (χ2v) is 6.05. The van der Waals surface area contributed by atoms with Crippen LogP contribution in [0, 0.1) is 13.8 Å². The second-order valence-electron chi connectivity index (χ2n) is 5.14. The number of rotatable bonds is 4. The molecule has 23 heavy (non-hydrogen) atoms. The Morgan fingerprint density at radius 1 is 1.30 bits per heavy atom. The average molecular weight is 375 g/mol. The topological polar surface area (TPSA) is 73.0 Å². The van der Waals surface area contributed by atoms with E-state index >= 15 is 0 Å². The molecule has 0 saturated carbocycles. The molecule has 6 nitrogen and oxygen atoms in total. The van der Waals surface area contributed by atoms with Crippen molar-refractivity contribution in [3.05, 3.63) is 63.7 Å². The molecule has 2 aromatic heterocycles. The zero-order chi connectivity index (χ0) is 16.4. The number of nitrogens with one attached hydrogen (secondary N) is 1. The Kier molecular flexibility index (Phi) is 4.29. The average Bonchev–Trinajstić information content (AvgIpc) is 3.12. The van der Waals surface area contributed by atoms with Crippen molar-refractivity contribution in [2.45, 2.75) is 20.4 Å². The van der Waals surface area contributed by atoms with E-state index in [2.05, 4.69) is 31.5 Å². The van der Waals surface area contributed by atoms with Crippen LogP contribution in [0.2, 0.25) is 0 Å². The number of carbonyl (C=O) groups is 1. The molecule has 0 bridgehead atoms. The Labute approximate surface area is 141 Å². The van der Waals surface area contributed by atoms with Crippen LogP contribution in [0.3, 0.4) is 0 Å². The lowest BCUT2D eigenvalue weighted by molar-refractivity contribution is 0.0951. The molecule has 0 aliphatic heterocycles.